The number of hydrogen-bond acceptors (Lipinski definition) is 4. The molecule has 5 heteroatoms. The van der Waals surface area contributed by atoms with E-state index in [2.05, 4.69) is 12.2 Å². The quantitative estimate of drug-likeness (QED) is 0.690. The molecule has 1 heterocycles. The van der Waals surface area contributed by atoms with Gasteiger partial charge in [0.2, 0.25) is 5.91 Å². The summed E-state index contributed by atoms with van der Waals surface area (Å²) >= 11 is 0. The number of rotatable bonds is 7. The van der Waals surface area contributed by atoms with Crippen molar-refractivity contribution in [1.29, 1.82) is 0 Å². The standard InChI is InChI=1S/C12H24N2O3/c1-10-4-5-13-11(10)12(15)14(6-8-16-2)7-9-17-3/h10-11,13H,4-9H2,1-3H3. The van der Waals surface area contributed by atoms with Crippen LogP contribution in [-0.4, -0.2) is 63.9 Å². The Morgan fingerprint density at radius 1 is 1.29 bits per heavy atom. The van der Waals surface area contributed by atoms with E-state index in [0.29, 0.717) is 32.2 Å². The molecule has 0 spiro atoms. The maximum absolute atomic E-state index is 12.3. The van der Waals surface area contributed by atoms with Crippen molar-refractivity contribution in [3.8, 4) is 0 Å². The number of amides is 1. The molecule has 100 valence electrons. The molecular weight excluding hydrogens is 220 g/mol. The Labute approximate surface area is 103 Å². The van der Waals surface area contributed by atoms with Crippen LogP contribution in [0.3, 0.4) is 0 Å². The second kappa shape index (κ2) is 7.63. The van der Waals surface area contributed by atoms with Gasteiger partial charge in [-0.3, -0.25) is 4.79 Å². The molecule has 1 amide bonds. The summed E-state index contributed by atoms with van der Waals surface area (Å²) < 4.78 is 10.1. The third-order valence-electron chi connectivity index (χ3n) is 3.24. The van der Waals surface area contributed by atoms with Gasteiger partial charge < -0.3 is 19.7 Å². The Balaban J connectivity index is 2.51. The molecule has 0 radical (unpaired) electrons. The molecule has 1 aliphatic rings. The lowest BCUT2D eigenvalue weighted by molar-refractivity contribution is -0.135. The molecule has 0 aliphatic carbocycles. The van der Waals surface area contributed by atoms with Crippen molar-refractivity contribution >= 4 is 5.91 Å². The van der Waals surface area contributed by atoms with Gasteiger partial charge in [-0.05, 0) is 18.9 Å². The van der Waals surface area contributed by atoms with Crippen molar-refractivity contribution in [3.63, 3.8) is 0 Å². The van der Waals surface area contributed by atoms with Crippen molar-refractivity contribution in [2.45, 2.75) is 19.4 Å². The van der Waals surface area contributed by atoms with Crippen LogP contribution in [-0.2, 0) is 14.3 Å². The number of carbonyl (C=O) groups is 1. The van der Waals surface area contributed by atoms with Gasteiger partial charge in [-0.1, -0.05) is 6.92 Å². The van der Waals surface area contributed by atoms with Crippen LogP contribution < -0.4 is 5.32 Å². The van der Waals surface area contributed by atoms with E-state index in [9.17, 15) is 4.79 Å². The Hall–Kier alpha value is -0.650. The lowest BCUT2D eigenvalue weighted by Crippen LogP contribution is -2.48. The molecule has 17 heavy (non-hydrogen) atoms. The second-order valence-corrected chi connectivity index (χ2v) is 4.51. The Morgan fingerprint density at radius 2 is 1.88 bits per heavy atom. The van der Waals surface area contributed by atoms with Gasteiger partial charge in [0.1, 0.15) is 0 Å². The molecule has 0 aromatic carbocycles. The molecule has 1 N–H and O–H groups in total. The molecule has 5 nitrogen and oxygen atoms in total. The summed E-state index contributed by atoms with van der Waals surface area (Å²) in [5, 5.41) is 3.27. The van der Waals surface area contributed by atoms with E-state index >= 15 is 0 Å². The molecular formula is C12H24N2O3. The fourth-order valence-corrected chi connectivity index (χ4v) is 2.10. The topological polar surface area (TPSA) is 50.8 Å². The monoisotopic (exact) mass is 244 g/mol. The summed E-state index contributed by atoms with van der Waals surface area (Å²) in [6.45, 7) is 5.44. The van der Waals surface area contributed by atoms with Gasteiger partial charge in [0.15, 0.2) is 0 Å². The van der Waals surface area contributed by atoms with Crippen LogP contribution in [0, 0.1) is 5.92 Å². The molecule has 2 atom stereocenters. The second-order valence-electron chi connectivity index (χ2n) is 4.51. The van der Waals surface area contributed by atoms with Crippen LogP contribution in [0.1, 0.15) is 13.3 Å². The van der Waals surface area contributed by atoms with Crippen LogP contribution in [0.5, 0.6) is 0 Å². The molecule has 0 aromatic rings. The summed E-state index contributed by atoms with van der Waals surface area (Å²) in [7, 11) is 3.30. The van der Waals surface area contributed by atoms with E-state index in [1.807, 2.05) is 4.90 Å². The van der Waals surface area contributed by atoms with Crippen molar-refractivity contribution in [3.05, 3.63) is 0 Å². The average Bonchev–Trinajstić information content (AvgIpc) is 2.75. The molecule has 0 aromatic heterocycles. The van der Waals surface area contributed by atoms with E-state index < -0.39 is 0 Å². The highest BCUT2D eigenvalue weighted by Crippen LogP contribution is 2.16. The normalized spacial score (nSPS) is 23.9. The third kappa shape index (κ3) is 4.26. The van der Waals surface area contributed by atoms with Gasteiger partial charge in [0, 0.05) is 27.3 Å². The summed E-state index contributed by atoms with van der Waals surface area (Å²) in [6.07, 6.45) is 1.07. The predicted octanol–water partition coefficient (Wildman–Crippen LogP) is 0.106. The SMILES string of the molecule is COCCN(CCOC)C(=O)C1NCCC1C. The number of carbonyl (C=O) groups excluding carboxylic acids is 1. The van der Waals surface area contributed by atoms with Crippen LogP contribution in [0.4, 0.5) is 0 Å². The third-order valence-corrected chi connectivity index (χ3v) is 3.24. The Morgan fingerprint density at radius 3 is 2.29 bits per heavy atom. The van der Waals surface area contributed by atoms with Crippen molar-refractivity contribution in [2.75, 3.05) is 47.1 Å². The summed E-state index contributed by atoms with van der Waals surface area (Å²) in [4.78, 5) is 14.1. The lowest BCUT2D eigenvalue weighted by Gasteiger charge is -2.27. The molecule has 2 unspecified atom stereocenters. The zero-order valence-electron chi connectivity index (χ0n) is 11.1. The molecule has 1 rings (SSSR count). The lowest BCUT2D eigenvalue weighted by atomic mass is 10.0. The van der Waals surface area contributed by atoms with E-state index in [4.69, 9.17) is 9.47 Å². The highest BCUT2D eigenvalue weighted by atomic mass is 16.5. The van der Waals surface area contributed by atoms with Crippen molar-refractivity contribution in [2.24, 2.45) is 5.92 Å². The van der Waals surface area contributed by atoms with E-state index in [1.54, 1.807) is 14.2 Å². The zero-order valence-corrected chi connectivity index (χ0v) is 11.1. The molecule has 1 aliphatic heterocycles. The van der Waals surface area contributed by atoms with E-state index in [0.717, 1.165) is 13.0 Å². The summed E-state index contributed by atoms with van der Waals surface area (Å²) in [5.41, 5.74) is 0. The maximum Gasteiger partial charge on any atom is 0.240 e. The number of hydrogen-bond donors (Lipinski definition) is 1. The zero-order chi connectivity index (χ0) is 12.7. The molecule has 1 saturated heterocycles. The minimum absolute atomic E-state index is 0.0382. The fourth-order valence-electron chi connectivity index (χ4n) is 2.10. The maximum atomic E-state index is 12.3. The van der Waals surface area contributed by atoms with Crippen LogP contribution >= 0.6 is 0 Å². The van der Waals surface area contributed by atoms with Crippen LogP contribution in [0.15, 0.2) is 0 Å². The highest BCUT2D eigenvalue weighted by molar-refractivity contribution is 5.82. The average molecular weight is 244 g/mol. The summed E-state index contributed by atoms with van der Waals surface area (Å²) in [5.74, 6) is 0.583. The van der Waals surface area contributed by atoms with Crippen LogP contribution in [0.25, 0.3) is 0 Å². The minimum Gasteiger partial charge on any atom is -0.383 e. The van der Waals surface area contributed by atoms with Gasteiger partial charge in [0.05, 0.1) is 19.3 Å². The minimum atomic E-state index is -0.0382. The van der Waals surface area contributed by atoms with Gasteiger partial charge in [-0.2, -0.15) is 0 Å². The van der Waals surface area contributed by atoms with Gasteiger partial charge >= 0.3 is 0 Å². The predicted molar refractivity (Wildman–Crippen MR) is 65.9 cm³/mol. The number of ether oxygens (including phenoxy) is 2. The smallest absolute Gasteiger partial charge is 0.240 e. The Kier molecular flexibility index (Phi) is 6.47. The first kappa shape index (κ1) is 14.4. The van der Waals surface area contributed by atoms with Crippen molar-refractivity contribution < 1.29 is 14.3 Å². The molecule has 0 bridgehead atoms. The number of methoxy groups -OCH3 is 2. The fraction of sp³-hybridized carbons (Fsp3) is 0.917. The highest BCUT2D eigenvalue weighted by Gasteiger charge is 2.32. The largest absolute Gasteiger partial charge is 0.383 e. The first-order chi connectivity index (χ1) is 8.20. The number of nitrogens with one attached hydrogen (secondary N) is 1. The van der Waals surface area contributed by atoms with E-state index in [-0.39, 0.29) is 11.9 Å². The van der Waals surface area contributed by atoms with Gasteiger partial charge in [0.25, 0.3) is 0 Å². The summed E-state index contributed by atoms with van der Waals surface area (Å²) in [6, 6.07) is -0.0382. The van der Waals surface area contributed by atoms with E-state index in [1.165, 1.54) is 0 Å². The van der Waals surface area contributed by atoms with Crippen molar-refractivity contribution in [1.82, 2.24) is 10.2 Å². The van der Waals surface area contributed by atoms with Gasteiger partial charge in [-0.15, -0.1) is 0 Å². The first-order valence-electron chi connectivity index (χ1n) is 6.20. The number of nitrogens with zero attached hydrogens (tertiary/aromatic N) is 1. The first-order valence-corrected chi connectivity index (χ1v) is 6.20. The molecule has 1 fully saturated rings. The Bertz CT molecular complexity index is 228. The molecule has 0 saturated carbocycles. The van der Waals surface area contributed by atoms with Crippen LogP contribution in [0.2, 0.25) is 0 Å². The van der Waals surface area contributed by atoms with Gasteiger partial charge in [-0.25, -0.2) is 0 Å².